The van der Waals surface area contributed by atoms with Crippen LogP contribution in [0.1, 0.15) is 165 Å². The standard InChI is InChI=1S/C62H109N3O20/c1-34(17-13-11-12-16-24-65-61(63)64-10)25-38(5)58-37(4)18-14-15-19-47(68)39(6)50(71)28-44(67)26-43(66)27-45(83-56(78)32-55(76)77)29-46-30-53(74)59(80)62(82,85-46)33-54(75)35(2)20-22-48(69)40(7)51(72)31-52(73)41(8)49(70)23-21-36(3)57(79)42(9)60(81)84-58/h14-15,17-19,21,35,37-54,57-59,66-75,79-80,82H,11-13,16,20,22-33H2,1-10H3,(H,76,77)(H3,63,64,65)/b18-14+,19-15+,34-17+,36-21+/t35-,37+,38+,39+,40-,41+,42-,43-,44-,45-,46-,47+,48+,49+,50+,51+,52-,53+,54+,57+,58+,59-,62-/m1/s1. The van der Waals surface area contributed by atoms with E-state index in [1.807, 2.05) is 20.8 Å². The third-order valence-corrected chi connectivity index (χ3v) is 17.3. The van der Waals surface area contributed by atoms with Gasteiger partial charge in [0.15, 0.2) is 11.7 Å². The Morgan fingerprint density at radius 3 is 2.02 bits per heavy atom. The Labute approximate surface area is 503 Å². The number of carboxylic acids is 1. The fourth-order valence-corrected chi connectivity index (χ4v) is 11.0. The Balaban J connectivity index is 2.49. The molecule has 1 saturated heterocycles. The minimum atomic E-state index is -2.57. The van der Waals surface area contributed by atoms with Crippen LogP contribution < -0.4 is 11.1 Å². The molecular formula is C62H109N3O20. The zero-order valence-electron chi connectivity index (χ0n) is 51.9. The van der Waals surface area contributed by atoms with E-state index in [2.05, 4.69) is 16.4 Å². The number of cyclic esters (lactones) is 1. The van der Waals surface area contributed by atoms with Gasteiger partial charge in [0.2, 0.25) is 0 Å². The lowest BCUT2D eigenvalue weighted by atomic mass is 9.83. The number of nitrogens with two attached hydrogens (primary N) is 1. The fourth-order valence-electron chi connectivity index (χ4n) is 11.0. The van der Waals surface area contributed by atoms with Crippen LogP contribution >= 0.6 is 0 Å². The number of nitrogens with one attached hydrogen (secondary N) is 1. The highest BCUT2D eigenvalue weighted by Crippen LogP contribution is 2.37. The van der Waals surface area contributed by atoms with E-state index in [4.69, 9.17) is 19.9 Å². The Bertz CT molecular complexity index is 2130. The first-order valence-corrected chi connectivity index (χ1v) is 30.5. The van der Waals surface area contributed by atoms with E-state index in [-0.39, 0.29) is 63.2 Å². The molecule has 17 N–H and O–H groups in total. The number of aliphatic hydroxyl groups excluding tert-OH is 12. The molecule has 0 unspecified atom stereocenters. The molecule has 85 heavy (non-hydrogen) atoms. The number of hydrogen-bond donors (Lipinski definition) is 16. The maximum atomic E-state index is 13.9. The second-order valence-electron chi connectivity index (χ2n) is 24.8. The van der Waals surface area contributed by atoms with E-state index >= 15 is 0 Å². The lowest BCUT2D eigenvalue weighted by Gasteiger charge is -2.45. The second kappa shape index (κ2) is 38.5. The molecule has 0 radical (unpaired) electrons. The summed E-state index contributed by atoms with van der Waals surface area (Å²) in [6.07, 6.45) is -8.56. The van der Waals surface area contributed by atoms with Crippen LogP contribution in [0.2, 0.25) is 0 Å². The molecule has 2 heterocycles. The normalized spacial score (nSPS) is 39.8. The van der Waals surface area contributed by atoms with E-state index in [1.54, 1.807) is 72.9 Å². The number of rotatable bonds is 12. The quantitative estimate of drug-likeness (QED) is 0.0333. The van der Waals surface area contributed by atoms with Crippen molar-refractivity contribution < 1.29 is 100 Å². The van der Waals surface area contributed by atoms with E-state index in [9.17, 15) is 85.9 Å². The van der Waals surface area contributed by atoms with Gasteiger partial charge in [0, 0.05) is 62.9 Å². The highest BCUT2D eigenvalue weighted by atomic mass is 16.7. The lowest BCUT2D eigenvalue weighted by Crippen LogP contribution is -2.60. The molecule has 492 valence electrons. The summed E-state index contributed by atoms with van der Waals surface area (Å²) in [4.78, 5) is 41.9. The van der Waals surface area contributed by atoms with E-state index in [1.165, 1.54) is 6.08 Å². The lowest BCUT2D eigenvalue weighted by molar-refractivity contribution is -0.333. The summed E-state index contributed by atoms with van der Waals surface area (Å²) in [5.74, 6) is -10.3. The molecule has 2 bridgehead atoms. The molecule has 23 atom stereocenters. The van der Waals surface area contributed by atoms with Crippen molar-refractivity contribution >= 4 is 23.9 Å². The average molecular weight is 1220 g/mol. The summed E-state index contributed by atoms with van der Waals surface area (Å²) in [7, 11) is 1.62. The zero-order valence-corrected chi connectivity index (χ0v) is 51.9. The highest BCUT2D eigenvalue weighted by Gasteiger charge is 2.50. The minimum Gasteiger partial charge on any atom is -0.481 e. The number of aliphatic carboxylic acids is 1. The number of aliphatic imine (C=N–C) groups is 1. The van der Waals surface area contributed by atoms with Crippen LogP contribution in [0.3, 0.4) is 0 Å². The Morgan fingerprint density at radius 2 is 1.39 bits per heavy atom. The number of guanidine groups is 1. The van der Waals surface area contributed by atoms with Crippen molar-refractivity contribution in [2.75, 3.05) is 13.6 Å². The molecule has 1 fully saturated rings. The molecule has 0 spiro atoms. The van der Waals surface area contributed by atoms with Crippen LogP contribution in [-0.2, 0) is 28.6 Å². The first-order valence-electron chi connectivity index (χ1n) is 30.5. The third-order valence-electron chi connectivity index (χ3n) is 17.3. The second-order valence-corrected chi connectivity index (χ2v) is 24.8. The van der Waals surface area contributed by atoms with Crippen molar-refractivity contribution in [1.82, 2.24) is 5.32 Å². The van der Waals surface area contributed by atoms with Gasteiger partial charge in [0.1, 0.15) is 24.7 Å². The number of allylic oxidation sites excluding steroid dienone is 4. The highest BCUT2D eigenvalue weighted by molar-refractivity contribution is 5.90. The number of fused-ring (bicyclic) bond motifs is 2. The van der Waals surface area contributed by atoms with Crippen LogP contribution in [0.4, 0.5) is 0 Å². The van der Waals surface area contributed by atoms with Gasteiger partial charge < -0.3 is 96.8 Å². The number of unbranched alkanes of at least 4 members (excludes halogenated alkanes) is 3. The topological polar surface area (TPSA) is 413 Å². The maximum absolute atomic E-state index is 13.9. The molecule has 2 aliphatic heterocycles. The molecule has 0 aromatic heterocycles. The van der Waals surface area contributed by atoms with Crippen molar-refractivity contribution in [3.8, 4) is 0 Å². The van der Waals surface area contributed by atoms with Crippen molar-refractivity contribution in [2.45, 2.75) is 262 Å². The van der Waals surface area contributed by atoms with Crippen LogP contribution in [0, 0.1) is 41.4 Å². The smallest absolute Gasteiger partial charge is 0.317 e. The van der Waals surface area contributed by atoms with Gasteiger partial charge in [-0.05, 0) is 102 Å². The summed E-state index contributed by atoms with van der Waals surface area (Å²) in [6.45, 7) is 16.1. The summed E-state index contributed by atoms with van der Waals surface area (Å²) in [6, 6.07) is 0. The molecule has 23 heteroatoms. The average Bonchev–Trinajstić information content (AvgIpc) is 1.73. The van der Waals surface area contributed by atoms with Gasteiger partial charge in [-0.15, -0.1) is 0 Å². The fraction of sp³-hybridized carbons (Fsp3) is 0.806. The van der Waals surface area contributed by atoms with Gasteiger partial charge in [-0.3, -0.25) is 19.4 Å². The first-order chi connectivity index (χ1) is 39.7. The van der Waals surface area contributed by atoms with Gasteiger partial charge in [-0.1, -0.05) is 90.0 Å². The predicted molar refractivity (Wildman–Crippen MR) is 319 cm³/mol. The number of carbonyl (C=O) groups is 3. The van der Waals surface area contributed by atoms with Gasteiger partial charge in [0.05, 0.1) is 79.2 Å². The molecule has 2 rings (SSSR count). The van der Waals surface area contributed by atoms with Crippen LogP contribution in [0.15, 0.2) is 52.6 Å². The summed E-state index contributed by atoms with van der Waals surface area (Å²) < 4.78 is 17.5. The number of ether oxygens (including phenoxy) is 3. The number of aliphatic hydroxyl groups is 13. The van der Waals surface area contributed by atoms with E-state index in [0.717, 1.165) is 31.3 Å². The van der Waals surface area contributed by atoms with E-state index < -0.39 is 164 Å². The van der Waals surface area contributed by atoms with Gasteiger partial charge >= 0.3 is 17.9 Å². The first kappa shape index (κ1) is 77.2. The van der Waals surface area contributed by atoms with Crippen molar-refractivity contribution in [3.63, 3.8) is 0 Å². The SMILES string of the molecule is CN=C(N)NCCCCC/C=C(\C)C[C@H](C)[C@H]1OC(=O)[C@H](C)[C@@H](O)/C(C)=C/C[C@H](O)[C@H](C)[C@H](O)C[C@H](O)[C@H](C)[C@@H](O)CC[C@@H](C)[C@@H](O)C[C@@]2(O)O[C@H](C[C@H](OC(=O)CC(=O)O)C[C@H](O)C[C@@H](O)C[C@H](O)[C@@H](C)[C@@H](O)/C=C/C=C/[C@@H]1C)C[C@H](O)[C@H]2O. The molecule has 0 aromatic carbocycles. The van der Waals surface area contributed by atoms with Crippen LogP contribution in [-0.4, -0.2) is 206 Å². The van der Waals surface area contributed by atoms with Gasteiger partial charge in [-0.25, -0.2) is 0 Å². The maximum Gasteiger partial charge on any atom is 0.317 e. The molecule has 0 aromatic rings. The Kier molecular flexibility index (Phi) is 34.9. The van der Waals surface area contributed by atoms with Crippen LogP contribution in [0.25, 0.3) is 0 Å². The minimum absolute atomic E-state index is 0.0168. The molecule has 0 aliphatic carbocycles. The zero-order chi connectivity index (χ0) is 64.5. The van der Waals surface area contributed by atoms with Crippen molar-refractivity contribution in [2.24, 2.45) is 52.2 Å². The molecule has 23 nitrogen and oxygen atoms in total. The molecule has 0 amide bonds. The number of hydrogen-bond acceptors (Lipinski definition) is 20. The molecule has 2 aliphatic rings. The van der Waals surface area contributed by atoms with E-state index in [0.29, 0.717) is 24.5 Å². The number of nitrogens with zero attached hydrogens (tertiary/aromatic N) is 1. The summed E-state index contributed by atoms with van der Waals surface area (Å²) in [5, 5.41) is 158. The summed E-state index contributed by atoms with van der Waals surface area (Å²) in [5.41, 5.74) is 7.20. The van der Waals surface area contributed by atoms with Gasteiger partial charge in [0.25, 0.3) is 0 Å². The third kappa shape index (κ3) is 27.6. The van der Waals surface area contributed by atoms with Crippen molar-refractivity contribution in [1.29, 1.82) is 0 Å². The summed E-state index contributed by atoms with van der Waals surface area (Å²) >= 11 is 0. The molecular weight excluding hydrogens is 1110 g/mol. The van der Waals surface area contributed by atoms with Crippen molar-refractivity contribution in [3.05, 3.63) is 47.6 Å². The predicted octanol–water partition coefficient (Wildman–Crippen LogP) is 2.56. The number of carboxylic acid groups (broad SMARTS) is 1. The molecule has 0 saturated carbocycles. The van der Waals surface area contributed by atoms with Gasteiger partial charge in [-0.2, -0.15) is 0 Å². The monoisotopic (exact) mass is 1220 g/mol. The Hall–Kier alpha value is -3.92. The number of esters is 2. The van der Waals surface area contributed by atoms with Crippen LogP contribution in [0.5, 0.6) is 0 Å². The largest absolute Gasteiger partial charge is 0.481 e. The number of carbonyl (C=O) groups excluding carboxylic acids is 2. The Morgan fingerprint density at radius 1 is 0.776 bits per heavy atom.